The van der Waals surface area contributed by atoms with Crippen LogP contribution in [0.1, 0.15) is 33.4 Å². The number of hydrogen-bond donors (Lipinski definition) is 0. The summed E-state index contributed by atoms with van der Waals surface area (Å²) in [6.45, 7) is 4.92. The summed E-state index contributed by atoms with van der Waals surface area (Å²) < 4.78 is 40.2. The Bertz CT molecular complexity index is 1500. The third-order valence-corrected chi connectivity index (χ3v) is 8.16. The van der Waals surface area contributed by atoms with Gasteiger partial charge < -0.3 is 18.6 Å². The number of methoxy groups -OCH3 is 1. The highest BCUT2D eigenvalue weighted by Gasteiger charge is 2.38. The van der Waals surface area contributed by atoms with Crippen molar-refractivity contribution < 1.29 is 23.0 Å². The fourth-order valence-corrected chi connectivity index (χ4v) is 5.95. The summed E-state index contributed by atoms with van der Waals surface area (Å²) in [6.07, 6.45) is 2.50. The van der Waals surface area contributed by atoms with Crippen LogP contribution in [0.15, 0.2) is 28.8 Å². The summed E-state index contributed by atoms with van der Waals surface area (Å²) in [7, 11) is 1.59. The second kappa shape index (κ2) is 8.58. The molecule has 5 heterocycles. The fraction of sp³-hybridized carbons (Fsp3) is 0.375. The van der Waals surface area contributed by atoms with Crippen molar-refractivity contribution >= 4 is 38.6 Å². The molecule has 0 atom stereocenters. The predicted molar refractivity (Wildman–Crippen MR) is 131 cm³/mol. The molecular weight excluding hydrogens is 491 g/mol. The molecule has 11 heteroatoms. The van der Waals surface area contributed by atoms with Crippen LogP contribution in [0.4, 0.5) is 4.39 Å². The zero-order chi connectivity index (χ0) is 24.2. The van der Waals surface area contributed by atoms with Crippen molar-refractivity contribution in [2.75, 3.05) is 20.3 Å². The van der Waals surface area contributed by atoms with Crippen molar-refractivity contribution in [2.24, 2.45) is 0 Å². The first kappa shape index (κ1) is 22.4. The van der Waals surface area contributed by atoms with Crippen molar-refractivity contribution in [2.45, 2.75) is 39.0 Å². The molecule has 6 rings (SSSR count). The van der Waals surface area contributed by atoms with Crippen LogP contribution in [0.25, 0.3) is 27.4 Å². The lowest BCUT2D eigenvalue weighted by atomic mass is 9.97. The molecule has 4 aromatic heterocycles. The number of fused-ring (bicyclic) bond motifs is 2. The Labute approximate surface area is 208 Å². The minimum atomic E-state index is -1.43. The van der Waals surface area contributed by atoms with Gasteiger partial charge in [-0.3, -0.25) is 0 Å². The van der Waals surface area contributed by atoms with Crippen molar-refractivity contribution in [3.8, 4) is 23.0 Å². The van der Waals surface area contributed by atoms with Crippen molar-refractivity contribution in [1.29, 1.82) is 0 Å². The van der Waals surface area contributed by atoms with E-state index in [0.717, 1.165) is 25.9 Å². The number of alkyl halides is 1. The highest BCUT2D eigenvalue weighted by Crippen LogP contribution is 2.40. The van der Waals surface area contributed by atoms with Gasteiger partial charge in [-0.15, -0.1) is 11.3 Å². The molecule has 1 saturated heterocycles. The number of benzene rings is 1. The standard InChI is InChI=1S/C24H23FN4O4S2/c1-13-18(26-22(34-13)24(25)4-6-31-7-5-24)12-32-19-8-15(30-3)9-20-16(19)10-21(33-20)17-11-29-23(27-17)35-14(2)28-29/h8-11H,4-7,12H2,1-3H3. The number of nitrogens with zero attached hydrogens (tertiary/aromatic N) is 4. The molecular formula is C24H23FN4O4S2. The second-order valence-electron chi connectivity index (χ2n) is 8.51. The smallest absolute Gasteiger partial charge is 0.212 e. The highest BCUT2D eigenvalue weighted by atomic mass is 32.1. The Kier molecular flexibility index (Phi) is 5.50. The molecule has 35 heavy (non-hydrogen) atoms. The predicted octanol–water partition coefficient (Wildman–Crippen LogP) is 5.84. The fourth-order valence-electron chi connectivity index (χ4n) is 4.17. The van der Waals surface area contributed by atoms with Crippen LogP contribution in [0.3, 0.4) is 0 Å². The molecule has 1 aliphatic heterocycles. The summed E-state index contributed by atoms with van der Waals surface area (Å²) >= 11 is 2.91. The van der Waals surface area contributed by atoms with E-state index in [1.165, 1.54) is 22.7 Å². The SMILES string of the molecule is COc1cc(OCc2nc(C3(F)CCOCC3)sc2C)c2cc(-c3cn4nc(C)sc4n3)oc2c1. The molecule has 0 unspecified atom stereocenters. The minimum Gasteiger partial charge on any atom is -0.496 e. The first-order valence-corrected chi connectivity index (χ1v) is 12.9. The van der Waals surface area contributed by atoms with Crippen molar-refractivity contribution in [3.63, 3.8) is 0 Å². The average molecular weight is 515 g/mol. The monoisotopic (exact) mass is 514 g/mol. The van der Waals surface area contributed by atoms with Crippen LogP contribution in [-0.2, 0) is 17.0 Å². The third kappa shape index (κ3) is 4.07. The number of imidazole rings is 1. The van der Waals surface area contributed by atoms with E-state index in [1.54, 1.807) is 11.6 Å². The van der Waals surface area contributed by atoms with E-state index < -0.39 is 5.67 Å². The first-order chi connectivity index (χ1) is 16.9. The Balaban J connectivity index is 1.30. The van der Waals surface area contributed by atoms with Crippen molar-refractivity contribution in [1.82, 2.24) is 19.6 Å². The lowest BCUT2D eigenvalue weighted by molar-refractivity contribution is -0.0117. The van der Waals surface area contributed by atoms with E-state index in [-0.39, 0.29) is 6.61 Å². The number of halogens is 1. The van der Waals surface area contributed by atoms with E-state index in [4.69, 9.17) is 18.6 Å². The van der Waals surface area contributed by atoms with Crippen LogP contribution in [0, 0.1) is 13.8 Å². The second-order valence-corrected chi connectivity index (χ2v) is 10.9. The number of aromatic nitrogens is 4. The number of hydrogen-bond acceptors (Lipinski definition) is 9. The number of thiazole rings is 1. The van der Waals surface area contributed by atoms with Crippen LogP contribution >= 0.6 is 22.7 Å². The Hall–Kier alpha value is -3.02. The van der Waals surface area contributed by atoms with Gasteiger partial charge in [0.05, 0.1) is 37.6 Å². The maximum absolute atomic E-state index is 15.4. The van der Waals surface area contributed by atoms with E-state index in [0.29, 0.717) is 59.6 Å². The summed E-state index contributed by atoms with van der Waals surface area (Å²) in [5.74, 6) is 1.82. The minimum absolute atomic E-state index is 0.209. The van der Waals surface area contributed by atoms with E-state index in [1.807, 2.05) is 38.2 Å². The van der Waals surface area contributed by atoms with Crippen LogP contribution in [-0.4, -0.2) is 39.9 Å². The van der Waals surface area contributed by atoms with Gasteiger partial charge in [-0.25, -0.2) is 18.9 Å². The van der Waals surface area contributed by atoms with Gasteiger partial charge in [0.2, 0.25) is 4.96 Å². The van der Waals surface area contributed by atoms with E-state index in [2.05, 4.69) is 15.1 Å². The Morgan fingerprint density at radius 2 is 1.97 bits per heavy atom. The molecule has 0 amide bonds. The van der Waals surface area contributed by atoms with E-state index >= 15 is 4.39 Å². The first-order valence-electron chi connectivity index (χ1n) is 11.2. The van der Waals surface area contributed by atoms with Gasteiger partial charge in [0.1, 0.15) is 39.4 Å². The summed E-state index contributed by atoms with van der Waals surface area (Å²) in [5.41, 5.74) is 0.606. The molecule has 0 aliphatic carbocycles. The molecule has 0 bridgehead atoms. The zero-order valence-corrected chi connectivity index (χ0v) is 21.1. The van der Waals surface area contributed by atoms with Crippen LogP contribution in [0.2, 0.25) is 0 Å². The van der Waals surface area contributed by atoms with Gasteiger partial charge in [0, 0.05) is 29.9 Å². The quantitative estimate of drug-likeness (QED) is 0.281. The topological polar surface area (TPSA) is 83.9 Å². The molecule has 1 fully saturated rings. The summed E-state index contributed by atoms with van der Waals surface area (Å²) in [6, 6.07) is 5.54. The van der Waals surface area contributed by atoms with Gasteiger partial charge in [-0.2, -0.15) is 5.10 Å². The van der Waals surface area contributed by atoms with Gasteiger partial charge >= 0.3 is 0 Å². The molecule has 1 aromatic carbocycles. The molecule has 0 saturated carbocycles. The molecule has 0 spiro atoms. The summed E-state index contributed by atoms with van der Waals surface area (Å²) in [4.78, 5) is 11.0. The lowest BCUT2D eigenvalue weighted by Crippen LogP contribution is -2.29. The van der Waals surface area contributed by atoms with Gasteiger partial charge in [-0.1, -0.05) is 11.3 Å². The van der Waals surface area contributed by atoms with E-state index in [9.17, 15) is 0 Å². The van der Waals surface area contributed by atoms with Crippen LogP contribution in [0.5, 0.6) is 11.5 Å². The average Bonchev–Trinajstić information content (AvgIpc) is 3.60. The van der Waals surface area contributed by atoms with Gasteiger partial charge in [0.25, 0.3) is 0 Å². The molecule has 182 valence electrons. The molecule has 0 radical (unpaired) electrons. The normalized spacial score (nSPS) is 15.8. The maximum atomic E-state index is 15.4. The largest absolute Gasteiger partial charge is 0.496 e. The zero-order valence-electron chi connectivity index (χ0n) is 19.5. The number of furan rings is 1. The highest BCUT2D eigenvalue weighted by molar-refractivity contribution is 7.16. The molecule has 1 aliphatic rings. The Morgan fingerprint density at radius 3 is 2.74 bits per heavy atom. The molecule has 8 nitrogen and oxygen atoms in total. The summed E-state index contributed by atoms with van der Waals surface area (Å²) in [5, 5.41) is 6.66. The van der Waals surface area contributed by atoms with Gasteiger partial charge in [-0.05, 0) is 19.9 Å². The third-order valence-electron chi connectivity index (χ3n) is 6.13. The molecule has 0 N–H and O–H groups in total. The number of aryl methyl sites for hydroxylation is 2. The van der Waals surface area contributed by atoms with Crippen molar-refractivity contribution in [3.05, 3.63) is 45.0 Å². The molecule has 5 aromatic rings. The maximum Gasteiger partial charge on any atom is 0.212 e. The van der Waals surface area contributed by atoms with Crippen LogP contribution < -0.4 is 9.47 Å². The number of rotatable bonds is 6. The Morgan fingerprint density at radius 1 is 1.14 bits per heavy atom. The lowest BCUT2D eigenvalue weighted by Gasteiger charge is -2.27. The number of ether oxygens (including phenoxy) is 3. The van der Waals surface area contributed by atoms with Gasteiger partial charge in [0.15, 0.2) is 11.4 Å².